The maximum Gasteiger partial charge on any atom is 0.330 e. The normalized spacial score (nSPS) is 14.0. The molecule has 0 spiro atoms. The minimum atomic E-state index is -0.992. The van der Waals surface area contributed by atoms with Gasteiger partial charge in [-0.1, -0.05) is 48.6 Å². The van der Waals surface area contributed by atoms with Crippen LogP contribution in [0, 0.1) is 0 Å². The van der Waals surface area contributed by atoms with E-state index in [4.69, 9.17) is 9.84 Å². The molecule has 1 aliphatic carbocycles. The molecule has 1 aliphatic rings. The lowest BCUT2D eigenvalue weighted by Crippen LogP contribution is -2.50. The number of rotatable bonds is 11. The molecule has 0 heterocycles. The molecule has 3 rings (SSSR count). The number of benzene rings is 2. The fourth-order valence-corrected chi connectivity index (χ4v) is 3.05. The molecule has 8 nitrogen and oxygen atoms in total. The van der Waals surface area contributed by atoms with Crippen LogP contribution >= 0.6 is 0 Å². The van der Waals surface area contributed by atoms with Crippen molar-refractivity contribution < 1.29 is 24.2 Å². The summed E-state index contributed by atoms with van der Waals surface area (Å²) in [5.74, 6) is -1.32. The lowest BCUT2D eigenvalue weighted by Gasteiger charge is -2.17. The summed E-state index contributed by atoms with van der Waals surface area (Å²) in [6, 6.07) is 13.9. The molecule has 1 saturated carbocycles. The number of aliphatic hydroxyl groups excluding tert-OH is 1. The van der Waals surface area contributed by atoms with E-state index in [1.165, 1.54) is 7.11 Å². The van der Waals surface area contributed by atoms with Crippen LogP contribution in [0.5, 0.6) is 0 Å². The molecule has 0 bridgehead atoms. The first kappa shape index (κ1) is 24.2. The second kappa shape index (κ2) is 11.9. The third-order valence-electron chi connectivity index (χ3n) is 5.23. The van der Waals surface area contributed by atoms with Gasteiger partial charge in [-0.15, -0.1) is 0 Å². The molecule has 0 unspecified atom stereocenters. The number of carbonyl (C=O) groups excluding carboxylic acids is 3. The van der Waals surface area contributed by atoms with Crippen LogP contribution in [0.25, 0.3) is 12.2 Å². The van der Waals surface area contributed by atoms with E-state index in [1.54, 1.807) is 24.3 Å². The highest BCUT2D eigenvalue weighted by molar-refractivity contribution is 5.97. The Labute approximate surface area is 193 Å². The first-order valence-electron chi connectivity index (χ1n) is 10.8. The van der Waals surface area contributed by atoms with E-state index in [2.05, 4.69) is 16.0 Å². The van der Waals surface area contributed by atoms with Crippen LogP contribution in [-0.2, 0) is 20.9 Å². The molecular formula is C25H29N3O5. The highest BCUT2D eigenvalue weighted by Gasteiger charge is 2.24. The average molecular weight is 452 g/mol. The van der Waals surface area contributed by atoms with Crippen LogP contribution in [-0.4, -0.2) is 55.2 Å². The lowest BCUT2D eigenvalue weighted by molar-refractivity contribution is -0.142. The third kappa shape index (κ3) is 7.85. The molecule has 2 amide bonds. The predicted molar refractivity (Wildman–Crippen MR) is 125 cm³/mol. The van der Waals surface area contributed by atoms with Crippen molar-refractivity contribution in [2.75, 3.05) is 20.2 Å². The molecule has 33 heavy (non-hydrogen) atoms. The van der Waals surface area contributed by atoms with Crippen molar-refractivity contribution in [3.05, 3.63) is 70.8 Å². The number of esters is 1. The largest absolute Gasteiger partial charge is 0.467 e. The van der Waals surface area contributed by atoms with Crippen LogP contribution in [0.2, 0.25) is 0 Å². The van der Waals surface area contributed by atoms with E-state index in [0.29, 0.717) is 11.6 Å². The van der Waals surface area contributed by atoms with E-state index in [9.17, 15) is 14.4 Å². The summed E-state index contributed by atoms with van der Waals surface area (Å²) in [6.07, 6.45) is 5.99. The Morgan fingerprint density at radius 2 is 1.64 bits per heavy atom. The zero-order valence-electron chi connectivity index (χ0n) is 18.5. The van der Waals surface area contributed by atoms with Gasteiger partial charge in [-0.25, -0.2) is 4.79 Å². The Balaban J connectivity index is 1.54. The Bertz CT molecular complexity index is 982. The molecular weight excluding hydrogens is 422 g/mol. The van der Waals surface area contributed by atoms with Crippen molar-refractivity contribution in [1.82, 2.24) is 16.0 Å². The molecule has 2 aromatic carbocycles. The Morgan fingerprint density at radius 3 is 2.18 bits per heavy atom. The molecule has 1 atom stereocenters. The van der Waals surface area contributed by atoms with Gasteiger partial charge in [-0.05, 0) is 41.7 Å². The Morgan fingerprint density at radius 1 is 1.03 bits per heavy atom. The maximum absolute atomic E-state index is 12.6. The van der Waals surface area contributed by atoms with Gasteiger partial charge < -0.3 is 25.8 Å². The lowest BCUT2D eigenvalue weighted by atomic mass is 10.1. The molecule has 0 aliphatic heterocycles. The summed E-state index contributed by atoms with van der Waals surface area (Å²) < 4.78 is 4.75. The zero-order valence-corrected chi connectivity index (χ0v) is 18.5. The number of nitrogens with one attached hydrogen (secondary N) is 3. The molecule has 8 heteroatoms. The quantitative estimate of drug-likeness (QED) is 0.304. The van der Waals surface area contributed by atoms with Gasteiger partial charge in [-0.2, -0.15) is 0 Å². The highest BCUT2D eigenvalue weighted by atomic mass is 16.5. The summed E-state index contributed by atoms with van der Waals surface area (Å²) >= 11 is 0. The summed E-state index contributed by atoms with van der Waals surface area (Å²) in [5, 5.41) is 17.5. The van der Waals surface area contributed by atoms with Crippen molar-refractivity contribution >= 4 is 29.9 Å². The second-order valence-corrected chi connectivity index (χ2v) is 7.86. The SMILES string of the molecule is COC(=O)[C@H](CNC(=O)CNC1CC1)NC(=O)c1ccc(/C=C/c2ccc(CO)cc2)cc1. The van der Waals surface area contributed by atoms with Crippen LogP contribution in [0.15, 0.2) is 48.5 Å². The number of ether oxygens (including phenoxy) is 1. The number of hydrogen-bond acceptors (Lipinski definition) is 6. The third-order valence-corrected chi connectivity index (χ3v) is 5.23. The average Bonchev–Trinajstić information content (AvgIpc) is 3.68. The maximum atomic E-state index is 12.6. The molecule has 0 radical (unpaired) electrons. The van der Waals surface area contributed by atoms with Gasteiger partial charge in [0.15, 0.2) is 0 Å². The second-order valence-electron chi connectivity index (χ2n) is 7.86. The summed E-state index contributed by atoms with van der Waals surface area (Å²) in [6.45, 7) is 0.126. The summed E-state index contributed by atoms with van der Waals surface area (Å²) in [5.41, 5.74) is 3.12. The number of methoxy groups -OCH3 is 1. The van der Waals surface area contributed by atoms with E-state index >= 15 is 0 Å². The fourth-order valence-electron chi connectivity index (χ4n) is 3.05. The number of amides is 2. The van der Waals surface area contributed by atoms with E-state index in [1.807, 2.05) is 36.4 Å². The summed E-state index contributed by atoms with van der Waals surface area (Å²) in [4.78, 5) is 36.6. The van der Waals surface area contributed by atoms with Crippen molar-refractivity contribution in [1.29, 1.82) is 0 Å². The number of carbonyl (C=O) groups is 3. The number of aliphatic hydroxyl groups is 1. The summed E-state index contributed by atoms with van der Waals surface area (Å²) in [7, 11) is 1.23. The molecule has 2 aromatic rings. The Hall–Kier alpha value is -3.49. The van der Waals surface area contributed by atoms with Gasteiger partial charge in [0.25, 0.3) is 5.91 Å². The van der Waals surface area contributed by atoms with Gasteiger partial charge in [0.1, 0.15) is 6.04 Å². The first-order valence-corrected chi connectivity index (χ1v) is 10.8. The van der Waals surface area contributed by atoms with Crippen molar-refractivity contribution in [2.45, 2.75) is 31.5 Å². The van der Waals surface area contributed by atoms with Crippen LogP contribution in [0.1, 0.15) is 39.9 Å². The molecule has 0 saturated heterocycles. The zero-order chi connectivity index (χ0) is 23.6. The van der Waals surface area contributed by atoms with Gasteiger partial charge in [0.2, 0.25) is 5.91 Å². The van der Waals surface area contributed by atoms with E-state index < -0.39 is 17.9 Å². The standard InChI is InChI=1S/C25H29N3O5/c1-33-25(32)22(14-27-23(30)15-26-21-12-13-21)28-24(31)20-10-8-18(9-11-20)3-2-17-4-6-19(16-29)7-5-17/h2-11,21-22,26,29H,12-16H2,1H3,(H,27,30)(H,28,31)/b3-2+/t22-/m0/s1. The molecule has 1 fully saturated rings. The van der Waals surface area contributed by atoms with Crippen molar-refractivity contribution in [3.8, 4) is 0 Å². The van der Waals surface area contributed by atoms with Gasteiger partial charge >= 0.3 is 5.97 Å². The van der Waals surface area contributed by atoms with Crippen molar-refractivity contribution in [3.63, 3.8) is 0 Å². The first-order chi connectivity index (χ1) is 16.0. The van der Waals surface area contributed by atoms with Gasteiger partial charge in [-0.3, -0.25) is 9.59 Å². The van der Waals surface area contributed by atoms with Crippen LogP contribution < -0.4 is 16.0 Å². The highest BCUT2D eigenvalue weighted by Crippen LogP contribution is 2.17. The van der Waals surface area contributed by atoms with Crippen molar-refractivity contribution in [2.24, 2.45) is 0 Å². The molecule has 4 N–H and O–H groups in total. The molecule has 174 valence electrons. The minimum Gasteiger partial charge on any atom is -0.467 e. The fraction of sp³-hybridized carbons (Fsp3) is 0.320. The predicted octanol–water partition coefficient (Wildman–Crippen LogP) is 1.49. The monoisotopic (exact) mass is 451 g/mol. The van der Waals surface area contributed by atoms with Gasteiger partial charge in [0.05, 0.1) is 20.3 Å². The molecule has 0 aromatic heterocycles. The minimum absolute atomic E-state index is 0.00829. The number of hydrogen-bond donors (Lipinski definition) is 4. The smallest absolute Gasteiger partial charge is 0.330 e. The Kier molecular flexibility index (Phi) is 8.74. The topological polar surface area (TPSA) is 117 Å². The van der Waals surface area contributed by atoms with Crippen LogP contribution in [0.4, 0.5) is 0 Å². The van der Waals surface area contributed by atoms with E-state index in [-0.39, 0.29) is 25.6 Å². The van der Waals surface area contributed by atoms with E-state index in [0.717, 1.165) is 29.5 Å². The van der Waals surface area contributed by atoms with Crippen LogP contribution in [0.3, 0.4) is 0 Å². The van der Waals surface area contributed by atoms with Gasteiger partial charge in [0, 0.05) is 18.2 Å².